The fourth-order valence-electron chi connectivity index (χ4n) is 1.74. The third kappa shape index (κ3) is 3.52. The summed E-state index contributed by atoms with van der Waals surface area (Å²) in [5.74, 6) is 0. The molecule has 1 heteroatoms. The highest BCUT2D eigenvalue weighted by Gasteiger charge is 2.03. The van der Waals surface area contributed by atoms with Gasteiger partial charge in [0.1, 0.15) is 0 Å². The van der Waals surface area contributed by atoms with Crippen molar-refractivity contribution in [3.05, 3.63) is 47.5 Å². The number of rotatable bonds is 5. The molecule has 1 aromatic carbocycles. The van der Waals surface area contributed by atoms with Crippen LogP contribution in [0.1, 0.15) is 30.0 Å². The predicted molar refractivity (Wildman–Crippen MR) is 67.0 cm³/mol. The SMILES string of the molecule is C=CCC(C)NCc1c(C)cccc1C. The van der Waals surface area contributed by atoms with E-state index >= 15 is 0 Å². The van der Waals surface area contributed by atoms with Crippen molar-refractivity contribution < 1.29 is 0 Å². The summed E-state index contributed by atoms with van der Waals surface area (Å²) in [6.45, 7) is 11.2. The van der Waals surface area contributed by atoms with Crippen molar-refractivity contribution >= 4 is 0 Å². The van der Waals surface area contributed by atoms with Gasteiger partial charge < -0.3 is 5.32 Å². The molecule has 0 amide bonds. The second kappa shape index (κ2) is 5.72. The van der Waals surface area contributed by atoms with Crippen molar-refractivity contribution in [1.82, 2.24) is 5.32 Å². The molecular formula is C14H21N. The van der Waals surface area contributed by atoms with Crippen molar-refractivity contribution in [2.24, 2.45) is 0 Å². The summed E-state index contributed by atoms with van der Waals surface area (Å²) in [5.41, 5.74) is 4.16. The number of nitrogens with one attached hydrogen (secondary N) is 1. The van der Waals surface area contributed by atoms with Gasteiger partial charge in [-0.3, -0.25) is 0 Å². The van der Waals surface area contributed by atoms with E-state index in [1.807, 2.05) is 6.08 Å². The van der Waals surface area contributed by atoms with E-state index in [-0.39, 0.29) is 0 Å². The molecule has 1 atom stereocenters. The standard InChI is InChI=1S/C14H21N/c1-5-7-13(4)15-10-14-11(2)8-6-9-12(14)3/h5-6,8-9,13,15H,1,7,10H2,2-4H3. The normalized spacial score (nSPS) is 12.5. The Morgan fingerprint density at radius 2 is 1.93 bits per heavy atom. The van der Waals surface area contributed by atoms with Crippen molar-refractivity contribution in [2.75, 3.05) is 0 Å². The summed E-state index contributed by atoms with van der Waals surface area (Å²) in [6.07, 6.45) is 2.98. The molecule has 0 aliphatic heterocycles. The quantitative estimate of drug-likeness (QED) is 0.724. The van der Waals surface area contributed by atoms with Crippen LogP contribution in [0.4, 0.5) is 0 Å². The molecule has 1 aromatic rings. The molecule has 0 radical (unpaired) electrons. The van der Waals surface area contributed by atoms with Crippen LogP contribution in [0.2, 0.25) is 0 Å². The first-order chi connectivity index (χ1) is 7.15. The van der Waals surface area contributed by atoms with E-state index in [1.54, 1.807) is 0 Å². The van der Waals surface area contributed by atoms with Gasteiger partial charge in [-0.15, -0.1) is 6.58 Å². The molecule has 0 heterocycles. The minimum absolute atomic E-state index is 0.501. The van der Waals surface area contributed by atoms with Gasteiger partial charge >= 0.3 is 0 Å². The molecule has 0 aliphatic rings. The zero-order valence-corrected chi connectivity index (χ0v) is 10.0. The number of hydrogen-bond donors (Lipinski definition) is 1. The summed E-state index contributed by atoms with van der Waals surface area (Å²) < 4.78 is 0. The van der Waals surface area contributed by atoms with Gasteiger partial charge in [-0.25, -0.2) is 0 Å². The fourth-order valence-corrected chi connectivity index (χ4v) is 1.74. The van der Waals surface area contributed by atoms with E-state index in [2.05, 4.69) is 50.9 Å². The van der Waals surface area contributed by atoms with Crippen LogP contribution in [0, 0.1) is 13.8 Å². The lowest BCUT2D eigenvalue weighted by atomic mass is 10.0. The first-order valence-electron chi connectivity index (χ1n) is 5.54. The monoisotopic (exact) mass is 203 g/mol. The van der Waals surface area contributed by atoms with Crippen LogP contribution in [0.25, 0.3) is 0 Å². The second-order valence-electron chi connectivity index (χ2n) is 4.18. The molecule has 1 nitrogen and oxygen atoms in total. The largest absolute Gasteiger partial charge is 0.310 e. The fraction of sp³-hybridized carbons (Fsp3) is 0.429. The van der Waals surface area contributed by atoms with Gasteiger partial charge in [-0.2, -0.15) is 0 Å². The molecule has 1 rings (SSSR count). The van der Waals surface area contributed by atoms with Crippen LogP contribution in [0.3, 0.4) is 0 Å². The summed E-state index contributed by atoms with van der Waals surface area (Å²) in [7, 11) is 0. The van der Waals surface area contributed by atoms with Crippen LogP contribution in [0.15, 0.2) is 30.9 Å². The Hall–Kier alpha value is -1.08. The van der Waals surface area contributed by atoms with Gasteiger partial charge in [0, 0.05) is 12.6 Å². The molecule has 0 bridgehead atoms. The summed E-state index contributed by atoms with van der Waals surface area (Å²) in [4.78, 5) is 0. The zero-order chi connectivity index (χ0) is 11.3. The van der Waals surface area contributed by atoms with E-state index in [0.29, 0.717) is 6.04 Å². The maximum Gasteiger partial charge on any atom is 0.0213 e. The number of benzene rings is 1. The maximum absolute atomic E-state index is 3.75. The lowest BCUT2D eigenvalue weighted by molar-refractivity contribution is 0.551. The third-order valence-electron chi connectivity index (χ3n) is 2.79. The first-order valence-corrected chi connectivity index (χ1v) is 5.54. The Balaban J connectivity index is 2.60. The molecule has 1 unspecified atom stereocenters. The molecule has 0 spiro atoms. The van der Waals surface area contributed by atoms with Crippen LogP contribution in [-0.2, 0) is 6.54 Å². The zero-order valence-electron chi connectivity index (χ0n) is 10.0. The smallest absolute Gasteiger partial charge is 0.0213 e. The van der Waals surface area contributed by atoms with Gasteiger partial charge in [0.15, 0.2) is 0 Å². The van der Waals surface area contributed by atoms with Gasteiger partial charge in [0.25, 0.3) is 0 Å². The second-order valence-corrected chi connectivity index (χ2v) is 4.18. The molecule has 1 N–H and O–H groups in total. The van der Waals surface area contributed by atoms with Crippen LogP contribution in [0.5, 0.6) is 0 Å². The summed E-state index contributed by atoms with van der Waals surface area (Å²) in [6, 6.07) is 6.95. The van der Waals surface area contributed by atoms with Crippen LogP contribution >= 0.6 is 0 Å². The average molecular weight is 203 g/mol. The van der Waals surface area contributed by atoms with Crippen molar-refractivity contribution in [3.8, 4) is 0 Å². The molecule has 82 valence electrons. The number of aryl methyl sites for hydroxylation is 2. The Bertz CT molecular complexity index is 308. The third-order valence-corrected chi connectivity index (χ3v) is 2.79. The molecule has 0 saturated carbocycles. The lowest BCUT2D eigenvalue weighted by Gasteiger charge is -2.15. The highest BCUT2D eigenvalue weighted by Crippen LogP contribution is 2.13. The Labute approximate surface area is 93.2 Å². The Kier molecular flexibility index (Phi) is 4.57. The number of hydrogen-bond acceptors (Lipinski definition) is 1. The van der Waals surface area contributed by atoms with Crippen molar-refractivity contribution in [2.45, 2.75) is 39.8 Å². The van der Waals surface area contributed by atoms with Gasteiger partial charge in [0.2, 0.25) is 0 Å². The van der Waals surface area contributed by atoms with E-state index in [1.165, 1.54) is 16.7 Å². The molecule has 0 aromatic heterocycles. The highest BCUT2D eigenvalue weighted by atomic mass is 14.9. The predicted octanol–water partition coefficient (Wildman–Crippen LogP) is 3.36. The topological polar surface area (TPSA) is 12.0 Å². The molecule has 15 heavy (non-hydrogen) atoms. The summed E-state index contributed by atoms with van der Waals surface area (Å²) in [5, 5.41) is 3.51. The molecule has 0 fully saturated rings. The van der Waals surface area contributed by atoms with Crippen LogP contribution < -0.4 is 5.32 Å². The van der Waals surface area contributed by atoms with E-state index in [9.17, 15) is 0 Å². The highest BCUT2D eigenvalue weighted by molar-refractivity contribution is 5.33. The Morgan fingerprint density at radius 3 is 2.47 bits per heavy atom. The van der Waals surface area contributed by atoms with Crippen molar-refractivity contribution in [1.29, 1.82) is 0 Å². The van der Waals surface area contributed by atoms with E-state index < -0.39 is 0 Å². The molecule has 0 saturated heterocycles. The van der Waals surface area contributed by atoms with E-state index in [0.717, 1.165) is 13.0 Å². The maximum atomic E-state index is 3.75. The minimum atomic E-state index is 0.501. The van der Waals surface area contributed by atoms with Gasteiger partial charge in [-0.1, -0.05) is 24.3 Å². The molecular weight excluding hydrogens is 182 g/mol. The average Bonchev–Trinajstić information content (AvgIpc) is 2.17. The Morgan fingerprint density at radius 1 is 1.33 bits per heavy atom. The van der Waals surface area contributed by atoms with E-state index in [4.69, 9.17) is 0 Å². The van der Waals surface area contributed by atoms with Gasteiger partial charge in [-0.05, 0) is 43.9 Å². The van der Waals surface area contributed by atoms with Crippen LogP contribution in [-0.4, -0.2) is 6.04 Å². The summed E-state index contributed by atoms with van der Waals surface area (Å²) >= 11 is 0. The van der Waals surface area contributed by atoms with Crippen molar-refractivity contribution in [3.63, 3.8) is 0 Å². The minimum Gasteiger partial charge on any atom is -0.310 e. The first kappa shape index (κ1) is 12.0. The van der Waals surface area contributed by atoms with Gasteiger partial charge in [0.05, 0.1) is 0 Å². The lowest BCUT2D eigenvalue weighted by Crippen LogP contribution is -2.25. The molecule has 0 aliphatic carbocycles.